The quantitative estimate of drug-likeness (QED) is 0.848. The maximum Gasteiger partial charge on any atom is 0.332 e. The smallest absolute Gasteiger partial charge is 0.332 e. The summed E-state index contributed by atoms with van der Waals surface area (Å²) in [6.45, 7) is 3.64. The molecular weight excluding hydrogens is 252 g/mol. The van der Waals surface area contributed by atoms with Crippen LogP contribution in [0.4, 0.5) is 5.13 Å². The molecule has 3 nitrogen and oxygen atoms in total. The number of aromatic nitrogens is 1. The molecule has 0 spiro atoms. The van der Waals surface area contributed by atoms with E-state index in [1.54, 1.807) is 11.3 Å². The molecule has 1 aromatic carbocycles. The van der Waals surface area contributed by atoms with E-state index in [9.17, 15) is 0 Å². The van der Waals surface area contributed by atoms with Gasteiger partial charge in [0.1, 0.15) is 17.8 Å². The van der Waals surface area contributed by atoms with E-state index < -0.39 is 0 Å². The Morgan fingerprint density at radius 2 is 2.29 bits per heavy atom. The molecule has 0 aliphatic rings. The van der Waals surface area contributed by atoms with Gasteiger partial charge in [0.2, 0.25) is 0 Å². The van der Waals surface area contributed by atoms with Gasteiger partial charge < -0.3 is 4.74 Å². The van der Waals surface area contributed by atoms with E-state index in [2.05, 4.69) is 23.0 Å². The Morgan fingerprint density at radius 1 is 1.47 bits per heavy atom. The van der Waals surface area contributed by atoms with Gasteiger partial charge in [-0.1, -0.05) is 0 Å². The summed E-state index contributed by atoms with van der Waals surface area (Å²) in [5.74, 6) is 1.99. The summed E-state index contributed by atoms with van der Waals surface area (Å²) in [4.78, 5) is 0. The van der Waals surface area contributed by atoms with Gasteiger partial charge in [0, 0.05) is 11.8 Å². The molecule has 1 aromatic heterocycles. The highest BCUT2D eigenvalue weighted by atomic mass is 32.2. The molecular formula is C12H17N2OS2+. The van der Waals surface area contributed by atoms with Crippen LogP contribution in [0.25, 0.3) is 10.2 Å². The predicted molar refractivity (Wildman–Crippen MR) is 76.0 cm³/mol. The number of anilines is 1. The summed E-state index contributed by atoms with van der Waals surface area (Å²) in [6.07, 6.45) is 2.11. The Hall–Kier alpha value is -0.940. The molecule has 2 rings (SSSR count). The highest BCUT2D eigenvalue weighted by Crippen LogP contribution is 2.26. The second kappa shape index (κ2) is 5.60. The van der Waals surface area contributed by atoms with Crippen LogP contribution in [-0.2, 0) is 6.54 Å². The van der Waals surface area contributed by atoms with E-state index in [0.717, 1.165) is 23.2 Å². The van der Waals surface area contributed by atoms with Gasteiger partial charge in [-0.05, 0) is 36.6 Å². The number of nitrogens with two attached hydrogens (primary N) is 1. The van der Waals surface area contributed by atoms with Gasteiger partial charge in [0.05, 0.1) is 11.3 Å². The molecule has 0 fully saturated rings. The van der Waals surface area contributed by atoms with Crippen molar-refractivity contribution in [1.29, 1.82) is 0 Å². The minimum atomic E-state index is 0.693. The van der Waals surface area contributed by atoms with Crippen molar-refractivity contribution in [2.75, 3.05) is 24.3 Å². The van der Waals surface area contributed by atoms with Crippen LogP contribution in [0, 0.1) is 0 Å². The third kappa shape index (κ3) is 2.66. The van der Waals surface area contributed by atoms with Crippen LogP contribution in [0.3, 0.4) is 0 Å². The number of fused-ring (bicyclic) bond motifs is 1. The third-order valence-electron chi connectivity index (χ3n) is 2.53. The number of nitrogen functional groups attached to an aromatic ring is 1. The van der Waals surface area contributed by atoms with Crippen LogP contribution < -0.4 is 15.0 Å². The average molecular weight is 269 g/mol. The summed E-state index contributed by atoms with van der Waals surface area (Å²) in [7, 11) is 0. The molecule has 5 heteroatoms. The number of nitrogens with zero attached hydrogens (tertiary/aromatic N) is 1. The molecule has 17 heavy (non-hydrogen) atoms. The zero-order valence-electron chi connectivity index (χ0n) is 10.1. The largest absolute Gasteiger partial charge is 0.494 e. The summed E-state index contributed by atoms with van der Waals surface area (Å²) in [5, 5.41) is 0.864. The first-order chi connectivity index (χ1) is 8.26. The van der Waals surface area contributed by atoms with Crippen LogP contribution in [0.5, 0.6) is 5.75 Å². The van der Waals surface area contributed by atoms with Crippen molar-refractivity contribution in [3.8, 4) is 5.75 Å². The van der Waals surface area contributed by atoms with Gasteiger partial charge in [-0.2, -0.15) is 11.8 Å². The molecule has 2 aromatic rings. The van der Waals surface area contributed by atoms with E-state index in [1.165, 1.54) is 10.2 Å². The SMILES string of the molecule is CCOc1ccc2c(c1)sc(N)[n+]2CCSC. The highest BCUT2D eigenvalue weighted by Gasteiger charge is 2.14. The molecule has 2 N–H and O–H groups in total. The van der Waals surface area contributed by atoms with Crippen molar-refractivity contribution in [2.45, 2.75) is 13.5 Å². The Labute approximate surface area is 110 Å². The maximum atomic E-state index is 6.05. The first-order valence-corrected chi connectivity index (χ1v) is 7.81. The topological polar surface area (TPSA) is 39.1 Å². The molecule has 0 atom stereocenters. The summed E-state index contributed by atoms with van der Waals surface area (Å²) in [6, 6.07) is 6.16. The summed E-state index contributed by atoms with van der Waals surface area (Å²) < 4.78 is 8.86. The zero-order valence-corrected chi connectivity index (χ0v) is 11.7. The van der Waals surface area contributed by atoms with Crippen molar-refractivity contribution >= 4 is 38.4 Å². The first kappa shape index (κ1) is 12.5. The van der Waals surface area contributed by atoms with Gasteiger partial charge in [0.15, 0.2) is 0 Å². The van der Waals surface area contributed by atoms with E-state index in [0.29, 0.717) is 6.61 Å². The van der Waals surface area contributed by atoms with Gasteiger partial charge in [-0.25, -0.2) is 4.57 Å². The summed E-state index contributed by atoms with van der Waals surface area (Å²) >= 11 is 3.45. The molecule has 0 amide bonds. The fourth-order valence-electron chi connectivity index (χ4n) is 1.76. The number of hydrogen-bond donors (Lipinski definition) is 1. The first-order valence-electron chi connectivity index (χ1n) is 5.60. The van der Waals surface area contributed by atoms with Crippen molar-refractivity contribution in [3.63, 3.8) is 0 Å². The molecule has 0 saturated heterocycles. The van der Waals surface area contributed by atoms with E-state index >= 15 is 0 Å². The lowest BCUT2D eigenvalue weighted by atomic mass is 10.3. The number of rotatable bonds is 5. The molecule has 0 unspecified atom stereocenters. The zero-order chi connectivity index (χ0) is 12.3. The number of aryl methyl sites for hydroxylation is 1. The Balaban J connectivity index is 2.38. The van der Waals surface area contributed by atoms with E-state index in [1.807, 2.05) is 24.8 Å². The molecule has 1 heterocycles. The van der Waals surface area contributed by atoms with Gasteiger partial charge in [-0.15, -0.1) is 0 Å². The van der Waals surface area contributed by atoms with Gasteiger partial charge >= 0.3 is 5.13 Å². The number of benzene rings is 1. The second-order valence-electron chi connectivity index (χ2n) is 3.65. The monoisotopic (exact) mass is 269 g/mol. The maximum absolute atomic E-state index is 6.05. The Bertz CT molecular complexity index is 510. The minimum Gasteiger partial charge on any atom is -0.494 e. The van der Waals surface area contributed by atoms with Gasteiger partial charge in [0.25, 0.3) is 0 Å². The summed E-state index contributed by atoms with van der Waals surface area (Å²) in [5.41, 5.74) is 7.25. The predicted octanol–water partition coefficient (Wildman–Crippen LogP) is 2.53. The number of thiazole rings is 1. The van der Waals surface area contributed by atoms with Crippen molar-refractivity contribution in [2.24, 2.45) is 0 Å². The van der Waals surface area contributed by atoms with Gasteiger partial charge in [-0.3, -0.25) is 5.73 Å². The molecule has 92 valence electrons. The fourth-order valence-corrected chi connectivity index (χ4v) is 3.10. The standard InChI is InChI=1S/C12H16N2OS2/c1-3-15-9-4-5-10-11(8-9)17-12(13)14(10)6-7-16-2/h4-5,8,13H,3,6-7H2,1-2H3/p+1. The molecule has 0 aliphatic heterocycles. The molecule has 0 aliphatic carbocycles. The second-order valence-corrected chi connectivity index (χ2v) is 5.70. The van der Waals surface area contributed by atoms with Crippen LogP contribution in [-0.4, -0.2) is 18.6 Å². The lowest BCUT2D eigenvalue weighted by Crippen LogP contribution is -2.36. The normalized spacial score (nSPS) is 10.9. The third-order valence-corrected chi connectivity index (χ3v) is 4.10. The lowest BCUT2D eigenvalue weighted by molar-refractivity contribution is -0.648. The Kier molecular flexibility index (Phi) is 4.12. The average Bonchev–Trinajstić information content (AvgIpc) is 2.62. The molecule has 0 radical (unpaired) electrons. The van der Waals surface area contributed by atoms with Crippen molar-refractivity contribution in [1.82, 2.24) is 0 Å². The molecule has 0 bridgehead atoms. The number of ether oxygens (including phenoxy) is 1. The van der Waals surface area contributed by atoms with Crippen molar-refractivity contribution in [3.05, 3.63) is 18.2 Å². The van der Waals surface area contributed by atoms with Crippen LogP contribution >= 0.6 is 23.1 Å². The van der Waals surface area contributed by atoms with Crippen LogP contribution in [0.1, 0.15) is 6.92 Å². The lowest BCUT2D eigenvalue weighted by Gasteiger charge is -2.02. The number of thioether (sulfide) groups is 1. The fraction of sp³-hybridized carbons (Fsp3) is 0.417. The van der Waals surface area contributed by atoms with Crippen molar-refractivity contribution < 1.29 is 9.30 Å². The Morgan fingerprint density at radius 3 is 3.00 bits per heavy atom. The van der Waals surface area contributed by atoms with E-state index in [4.69, 9.17) is 10.5 Å². The minimum absolute atomic E-state index is 0.693. The van der Waals surface area contributed by atoms with Crippen LogP contribution in [0.15, 0.2) is 18.2 Å². The highest BCUT2D eigenvalue weighted by molar-refractivity contribution is 7.98. The molecule has 0 saturated carbocycles. The number of hydrogen-bond acceptors (Lipinski definition) is 4. The van der Waals surface area contributed by atoms with Crippen LogP contribution in [0.2, 0.25) is 0 Å². The van der Waals surface area contributed by atoms with E-state index in [-0.39, 0.29) is 0 Å².